The van der Waals surface area contributed by atoms with E-state index in [9.17, 15) is 0 Å². The van der Waals surface area contributed by atoms with Crippen molar-refractivity contribution in [3.05, 3.63) is 11.8 Å². The van der Waals surface area contributed by atoms with E-state index in [-0.39, 0.29) is 0 Å². The van der Waals surface area contributed by atoms with Crippen molar-refractivity contribution >= 4 is 0 Å². The van der Waals surface area contributed by atoms with Gasteiger partial charge in [0.05, 0.1) is 0 Å². The first-order valence-electron chi connectivity index (χ1n) is 4.51. The summed E-state index contributed by atoms with van der Waals surface area (Å²) in [5.41, 5.74) is 1.45. The van der Waals surface area contributed by atoms with Crippen LogP contribution in [0.4, 0.5) is 0 Å². The van der Waals surface area contributed by atoms with Gasteiger partial charge in [0, 0.05) is 24.7 Å². The fourth-order valence-electron chi connectivity index (χ4n) is 2.17. The van der Waals surface area contributed by atoms with Crippen molar-refractivity contribution < 1.29 is 0 Å². The zero-order valence-corrected chi connectivity index (χ0v) is 7.06. The summed E-state index contributed by atoms with van der Waals surface area (Å²) in [4.78, 5) is 0. The van der Waals surface area contributed by atoms with Gasteiger partial charge in [-0.2, -0.15) is 0 Å². The second-order valence-corrected chi connectivity index (χ2v) is 3.58. The van der Waals surface area contributed by atoms with Crippen LogP contribution in [0.15, 0.2) is 11.8 Å². The van der Waals surface area contributed by atoms with E-state index in [1.807, 2.05) is 0 Å². The Balaban J connectivity index is 2.08. The lowest BCUT2D eigenvalue weighted by molar-refractivity contribution is 0.262. The Bertz CT molecular complexity index is 174. The van der Waals surface area contributed by atoms with Gasteiger partial charge in [0.25, 0.3) is 0 Å². The molecule has 0 aromatic rings. The van der Waals surface area contributed by atoms with Crippen LogP contribution < -0.4 is 10.6 Å². The first-order chi connectivity index (χ1) is 5.40. The number of piperidine rings is 2. The van der Waals surface area contributed by atoms with E-state index in [1.54, 1.807) is 0 Å². The van der Waals surface area contributed by atoms with Crippen LogP contribution in [0.3, 0.4) is 0 Å². The summed E-state index contributed by atoms with van der Waals surface area (Å²) in [6, 6.07) is 0. The van der Waals surface area contributed by atoms with Crippen molar-refractivity contribution in [3.8, 4) is 0 Å². The van der Waals surface area contributed by atoms with Crippen LogP contribution in [-0.4, -0.2) is 19.6 Å². The van der Waals surface area contributed by atoms with Crippen LogP contribution in [0.1, 0.15) is 13.3 Å². The third kappa shape index (κ3) is 1.27. The number of fused-ring (bicyclic) bond motifs is 2. The van der Waals surface area contributed by atoms with Crippen LogP contribution in [-0.2, 0) is 0 Å². The van der Waals surface area contributed by atoms with Gasteiger partial charge < -0.3 is 10.6 Å². The predicted octanol–water partition coefficient (Wildman–Crippen LogP) is 0.719. The molecule has 11 heavy (non-hydrogen) atoms. The van der Waals surface area contributed by atoms with Crippen LogP contribution >= 0.6 is 0 Å². The molecule has 2 unspecified atom stereocenters. The fraction of sp³-hybridized carbons (Fsp3) is 0.778. The molecule has 62 valence electrons. The Morgan fingerprint density at radius 2 is 2.27 bits per heavy atom. The van der Waals surface area contributed by atoms with Crippen molar-refractivity contribution in [3.63, 3.8) is 0 Å². The number of hydrogen-bond acceptors (Lipinski definition) is 2. The summed E-state index contributed by atoms with van der Waals surface area (Å²) in [5.74, 6) is 1.64. The molecule has 2 aliphatic rings. The van der Waals surface area contributed by atoms with Crippen LogP contribution in [0.2, 0.25) is 0 Å². The lowest BCUT2D eigenvalue weighted by atomic mass is 9.84. The Morgan fingerprint density at radius 1 is 1.36 bits per heavy atom. The third-order valence-electron chi connectivity index (χ3n) is 2.79. The number of rotatable bonds is 0. The van der Waals surface area contributed by atoms with Crippen molar-refractivity contribution in [2.75, 3.05) is 19.6 Å². The highest BCUT2D eigenvalue weighted by atomic mass is 15.0. The third-order valence-corrected chi connectivity index (χ3v) is 2.79. The monoisotopic (exact) mass is 152 g/mol. The van der Waals surface area contributed by atoms with Gasteiger partial charge in [-0.3, -0.25) is 0 Å². The molecule has 0 aliphatic carbocycles. The summed E-state index contributed by atoms with van der Waals surface area (Å²) in [5, 5.41) is 6.96. The second-order valence-electron chi connectivity index (χ2n) is 3.58. The van der Waals surface area contributed by atoms with Gasteiger partial charge in [-0.1, -0.05) is 6.08 Å². The summed E-state index contributed by atoms with van der Waals surface area (Å²) in [6.07, 6.45) is 3.60. The maximum atomic E-state index is 3.49. The normalized spacial score (nSPS) is 40.3. The molecule has 2 nitrogen and oxygen atoms in total. The molecule has 0 spiro atoms. The van der Waals surface area contributed by atoms with Gasteiger partial charge in [0.1, 0.15) is 0 Å². The molecule has 0 aromatic carbocycles. The quantitative estimate of drug-likeness (QED) is 0.534. The van der Waals surface area contributed by atoms with Crippen LogP contribution in [0.5, 0.6) is 0 Å². The molecule has 2 fully saturated rings. The zero-order chi connectivity index (χ0) is 7.68. The minimum Gasteiger partial charge on any atom is -0.388 e. The second kappa shape index (κ2) is 2.86. The van der Waals surface area contributed by atoms with Crippen molar-refractivity contribution in [1.29, 1.82) is 0 Å². The summed E-state index contributed by atoms with van der Waals surface area (Å²) < 4.78 is 0. The number of nitrogens with one attached hydrogen (secondary N) is 2. The molecule has 0 radical (unpaired) electrons. The average molecular weight is 152 g/mol. The molecule has 2 heteroatoms. The van der Waals surface area contributed by atoms with Crippen molar-refractivity contribution in [2.45, 2.75) is 13.3 Å². The van der Waals surface area contributed by atoms with E-state index >= 15 is 0 Å². The lowest BCUT2D eigenvalue weighted by Gasteiger charge is -2.37. The Hall–Kier alpha value is -0.500. The molecule has 2 bridgehead atoms. The molecule has 0 saturated carbocycles. The van der Waals surface area contributed by atoms with Gasteiger partial charge in [-0.05, 0) is 25.8 Å². The van der Waals surface area contributed by atoms with Gasteiger partial charge >= 0.3 is 0 Å². The number of hydrogen-bond donors (Lipinski definition) is 2. The average Bonchev–Trinajstić information content (AvgIpc) is 2.06. The summed E-state index contributed by atoms with van der Waals surface area (Å²) in [6.45, 7) is 5.67. The highest BCUT2D eigenvalue weighted by Gasteiger charge is 2.28. The largest absolute Gasteiger partial charge is 0.388 e. The van der Waals surface area contributed by atoms with Gasteiger partial charge in [0.15, 0.2) is 0 Å². The molecule has 2 rings (SSSR count). The minimum atomic E-state index is 0.771. The maximum Gasteiger partial charge on any atom is 0.0184 e. The molecule has 2 atom stereocenters. The molecule has 0 amide bonds. The molecule has 2 aliphatic heterocycles. The lowest BCUT2D eigenvalue weighted by Crippen LogP contribution is -2.47. The molecular formula is C9H16N2. The van der Waals surface area contributed by atoms with Gasteiger partial charge in [0.2, 0.25) is 0 Å². The molecular weight excluding hydrogens is 136 g/mol. The summed E-state index contributed by atoms with van der Waals surface area (Å²) in [7, 11) is 0. The van der Waals surface area contributed by atoms with E-state index in [0.29, 0.717) is 0 Å². The fourth-order valence-corrected chi connectivity index (χ4v) is 2.17. The minimum absolute atomic E-state index is 0.771. The van der Waals surface area contributed by atoms with Crippen molar-refractivity contribution in [2.24, 2.45) is 11.8 Å². The zero-order valence-electron chi connectivity index (χ0n) is 7.06. The van der Waals surface area contributed by atoms with E-state index in [2.05, 4.69) is 23.6 Å². The van der Waals surface area contributed by atoms with E-state index in [4.69, 9.17) is 0 Å². The standard InChI is InChI=1S/C9H16N2/c1-2-9-8-3-7(5-11-9)4-10-6-8/h2,7-8,10-11H,3-6H2,1H3/b9-2-. The Kier molecular flexibility index (Phi) is 1.86. The molecule has 2 saturated heterocycles. The van der Waals surface area contributed by atoms with Crippen molar-refractivity contribution in [1.82, 2.24) is 10.6 Å². The highest BCUT2D eigenvalue weighted by molar-refractivity contribution is 5.09. The topological polar surface area (TPSA) is 24.1 Å². The van der Waals surface area contributed by atoms with Gasteiger partial charge in [-0.25, -0.2) is 0 Å². The van der Waals surface area contributed by atoms with E-state index < -0.39 is 0 Å². The number of allylic oxidation sites excluding steroid dienone is 1. The SMILES string of the molecule is C/C=C1\NCC2CNCC1C2. The Labute approximate surface area is 68.1 Å². The first-order valence-corrected chi connectivity index (χ1v) is 4.51. The van der Waals surface area contributed by atoms with Crippen LogP contribution in [0, 0.1) is 11.8 Å². The first kappa shape index (κ1) is 7.17. The van der Waals surface area contributed by atoms with Gasteiger partial charge in [-0.15, -0.1) is 0 Å². The van der Waals surface area contributed by atoms with E-state index in [1.165, 1.54) is 31.8 Å². The summed E-state index contributed by atoms with van der Waals surface area (Å²) >= 11 is 0. The smallest absolute Gasteiger partial charge is 0.0184 e. The predicted molar refractivity (Wildman–Crippen MR) is 46.2 cm³/mol. The molecule has 0 aromatic heterocycles. The molecule has 2 heterocycles. The molecule has 2 N–H and O–H groups in total. The Morgan fingerprint density at radius 3 is 3.09 bits per heavy atom. The highest BCUT2D eigenvalue weighted by Crippen LogP contribution is 2.25. The van der Waals surface area contributed by atoms with Crippen LogP contribution in [0.25, 0.3) is 0 Å². The van der Waals surface area contributed by atoms with E-state index in [0.717, 1.165) is 11.8 Å². The maximum absolute atomic E-state index is 3.49.